The molecule has 0 aliphatic heterocycles. The third-order valence-electron chi connectivity index (χ3n) is 2.66. The number of carboxylic acid groups (broad SMARTS) is 1. The molecule has 94 valence electrons. The van der Waals surface area contributed by atoms with Crippen molar-refractivity contribution in [2.45, 2.75) is 19.3 Å². The summed E-state index contributed by atoms with van der Waals surface area (Å²) in [5.41, 5.74) is 1.15. The highest BCUT2D eigenvalue weighted by atomic mass is 16.4. The molecule has 1 aromatic carbocycles. The summed E-state index contributed by atoms with van der Waals surface area (Å²) in [5.74, 6) is 0.620. The molecular formula is C13H15N3O2. The number of aromatic nitrogens is 3. The van der Waals surface area contributed by atoms with Gasteiger partial charge in [-0.3, -0.25) is 9.48 Å². The molecule has 2 aromatic rings. The number of nitrogens with zero attached hydrogens (tertiary/aromatic N) is 3. The lowest BCUT2D eigenvalue weighted by atomic mass is 10.1. The molecule has 0 fully saturated rings. The second kappa shape index (κ2) is 5.44. The van der Waals surface area contributed by atoms with Crippen LogP contribution >= 0.6 is 0 Å². The molecule has 1 N–H and O–H groups in total. The third-order valence-corrected chi connectivity index (χ3v) is 2.66. The van der Waals surface area contributed by atoms with Crippen LogP contribution in [0.4, 0.5) is 0 Å². The van der Waals surface area contributed by atoms with Crippen LogP contribution < -0.4 is 0 Å². The molecule has 0 amide bonds. The minimum Gasteiger partial charge on any atom is -0.481 e. The van der Waals surface area contributed by atoms with Crippen LogP contribution in [0.3, 0.4) is 0 Å². The zero-order valence-corrected chi connectivity index (χ0v) is 10.2. The van der Waals surface area contributed by atoms with Gasteiger partial charge in [0.25, 0.3) is 0 Å². The molecule has 0 radical (unpaired) electrons. The molecule has 1 heterocycles. The van der Waals surface area contributed by atoms with Crippen LogP contribution in [0.2, 0.25) is 0 Å². The van der Waals surface area contributed by atoms with E-state index in [1.54, 1.807) is 11.7 Å². The molecule has 1 aromatic heterocycles. The summed E-state index contributed by atoms with van der Waals surface area (Å²) in [6.07, 6.45) is 1.16. The molecular weight excluding hydrogens is 230 g/mol. The fourth-order valence-corrected chi connectivity index (χ4v) is 1.76. The SMILES string of the molecule is Cn1nc(Cc2ccccc2)nc1CCC(=O)O. The molecule has 0 unspecified atom stereocenters. The van der Waals surface area contributed by atoms with Gasteiger partial charge in [0.05, 0.1) is 6.42 Å². The van der Waals surface area contributed by atoms with Gasteiger partial charge in [-0.1, -0.05) is 30.3 Å². The van der Waals surface area contributed by atoms with Crippen LogP contribution in [0, 0.1) is 0 Å². The molecule has 5 heteroatoms. The summed E-state index contributed by atoms with van der Waals surface area (Å²) < 4.78 is 1.65. The average molecular weight is 245 g/mol. The van der Waals surface area contributed by atoms with Crippen LogP contribution in [0.5, 0.6) is 0 Å². The number of hydrogen-bond acceptors (Lipinski definition) is 3. The fraction of sp³-hybridized carbons (Fsp3) is 0.308. The van der Waals surface area contributed by atoms with Crippen LogP contribution in [0.15, 0.2) is 30.3 Å². The number of benzene rings is 1. The minimum absolute atomic E-state index is 0.0807. The number of carbonyl (C=O) groups is 1. The smallest absolute Gasteiger partial charge is 0.303 e. The number of aliphatic carboxylic acids is 1. The van der Waals surface area contributed by atoms with Gasteiger partial charge in [0.2, 0.25) is 0 Å². The van der Waals surface area contributed by atoms with Crippen molar-refractivity contribution in [3.63, 3.8) is 0 Å². The van der Waals surface area contributed by atoms with E-state index in [-0.39, 0.29) is 6.42 Å². The van der Waals surface area contributed by atoms with Gasteiger partial charge in [0, 0.05) is 19.9 Å². The van der Waals surface area contributed by atoms with Crippen molar-refractivity contribution >= 4 is 5.97 Å². The molecule has 0 spiro atoms. The predicted octanol–water partition coefficient (Wildman–Crippen LogP) is 1.42. The Hall–Kier alpha value is -2.17. The molecule has 18 heavy (non-hydrogen) atoms. The largest absolute Gasteiger partial charge is 0.481 e. The number of aryl methyl sites for hydroxylation is 2. The first kappa shape index (κ1) is 12.3. The van der Waals surface area contributed by atoms with Crippen LogP contribution in [0.25, 0.3) is 0 Å². The van der Waals surface area contributed by atoms with Crippen LogP contribution in [0.1, 0.15) is 23.6 Å². The zero-order chi connectivity index (χ0) is 13.0. The zero-order valence-electron chi connectivity index (χ0n) is 10.2. The Morgan fingerprint density at radius 1 is 1.33 bits per heavy atom. The number of carboxylic acids is 1. The third kappa shape index (κ3) is 3.16. The first-order valence-corrected chi connectivity index (χ1v) is 5.79. The van der Waals surface area contributed by atoms with E-state index >= 15 is 0 Å². The number of rotatable bonds is 5. The summed E-state index contributed by atoms with van der Waals surface area (Å²) in [7, 11) is 1.79. The van der Waals surface area contributed by atoms with E-state index in [2.05, 4.69) is 10.1 Å². The predicted molar refractivity (Wildman–Crippen MR) is 66.2 cm³/mol. The summed E-state index contributed by atoms with van der Waals surface area (Å²) in [6, 6.07) is 9.96. The maximum atomic E-state index is 10.5. The van der Waals surface area contributed by atoms with Gasteiger partial charge in [-0.2, -0.15) is 5.10 Å². The molecule has 0 bridgehead atoms. The van der Waals surface area contributed by atoms with Gasteiger partial charge < -0.3 is 5.11 Å². The average Bonchev–Trinajstić information content (AvgIpc) is 2.68. The van der Waals surface area contributed by atoms with Crippen LogP contribution in [-0.2, 0) is 24.7 Å². The van der Waals surface area contributed by atoms with Gasteiger partial charge in [0.15, 0.2) is 5.82 Å². The van der Waals surface area contributed by atoms with Crippen LogP contribution in [-0.4, -0.2) is 25.8 Å². The quantitative estimate of drug-likeness (QED) is 0.865. The Kier molecular flexibility index (Phi) is 3.72. The molecule has 0 saturated heterocycles. The molecule has 0 aliphatic rings. The molecule has 5 nitrogen and oxygen atoms in total. The normalized spacial score (nSPS) is 10.5. The van der Waals surface area contributed by atoms with E-state index in [1.165, 1.54) is 0 Å². The van der Waals surface area contributed by atoms with Crippen molar-refractivity contribution in [2.75, 3.05) is 0 Å². The Balaban J connectivity index is 2.06. The highest BCUT2D eigenvalue weighted by molar-refractivity contribution is 5.66. The Labute approximate surface area is 105 Å². The molecule has 0 aliphatic carbocycles. The Bertz CT molecular complexity index is 534. The Morgan fingerprint density at radius 2 is 2.06 bits per heavy atom. The summed E-state index contributed by atoms with van der Waals surface area (Å²) in [6.45, 7) is 0. The van der Waals surface area contributed by atoms with E-state index in [4.69, 9.17) is 5.11 Å². The standard InChI is InChI=1S/C13H15N3O2/c1-16-12(7-8-13(17)18)14-11(15-16)9-10-5-3-2-4-6-10/h2-6H,7-9H2,1H3,(H,17,18). The maximum Gasteiger partial charge on any atom is 0.303 e. The highest BCUT2D eigenvalue weighted by Crippen LogP contribution is 2.07. The van der Waals surface area contributed by atoms with Crippen molar-refractivity contribution in [1.29, 1.82) is 0 Å². The van der Waals surface area contributed by atoms with Crippen molar-refractivity contribution in [2.24, 2.45) is 7.05 Å². The summed E-state index contributed by atoms with van der Waals surface area (Å²) >= 11 is 0. The van der Waals surface area contributed by atoms with Crippen molar-refractivity contribution < 1.29 is 9.90 Å². The first-order chi connectivity index (χ1) is 8.65. The first-order valence-electron chi connectivity index (χ1n) is 5.79. The molecule has 2 rings (SSSR count). The minimum atomic E-state index is -0.817. The summed E-state index contributed by atoms with van der Waals surface area (Å²) in [4.78, 5) is 14.9. The summed E-state index contributed by atoms with van der Waals surface area (Å²) in [5, 5.41) is 12.9. The van der Waals surface area contributed by atoms with E-state index in [0.29, 0.717) is 18.7 Å². The van der Waals surface area contributed by atoms with Gasteiger partial charge in [-0.25, -0.2) is 4.98 Å². The van der Waals surface area contributed by atoms with Crippen molar-refractivity contribution in [3.05, 3.63) is 47.5 Å². The lowest BCUT2D eigenvalue weighted by molar-refractivity contribution is -0.137. The van der Waals surface area contributed by atoms with E-state index < -0.39 is 5.97 Å². The molecule has 0 atom stereocenters. The second-order valence-electron chi connectivity index (χ2n) is 4.12. The van der Waals surface area contributed by atoms with Gasteiger partial charge in [-0.05, 0) is 5.56 Å². The van der Waals surface area contributed by atoms with Crippen molar-refractivity contribution in [3.8, 4) is 0 Å². The monoisotopic (exact) mass is 245 g/mol. The Morgan fingerprint density at radius 3 is 2.72 bits per heavy atom. The highest BCUT2D eigenvalue weighted by Gasteiger charge is 2.09. The maximum absolute atomic E-state index is 10.5. The van der Waals surface area contributed by atoms with Crippen molar-refractivity contribution in [1.82, 2.24) is 14.8 Å². The topological polar surface area (TPSA) is 68.0 Å². The molecule has 0 saturated carbocycles. The van der Waals surface area contributed by atoms with Gasteiger partial charge >= 0.3 is 5.97 Å². The lowest BCUT2D eigenvalue weighted by Crippen LogP contribution is -2.03. The van der Waals surface area contributed by atoms with E-state index in [0.717, 1.165) is 11.4 Å². The van der Waals surface area contributed by atoms with E-state index in [9.17, 15) is 4.79 Å². The van der Waals surface area contributed by atoms with E-state index in [1.807, 2.05) is 30.3 Å². The fourth-order valence-electron chi connectivity index (χ4n) is 1.76. The van der Waals surface area contributed by atoms with Gasteiger partial charge in [-0.15, -0.1) is 0 Å². The lowest BCUT2D eigenvalue weighted by Gasteiger charge is -1.95. The second-order valence-corrected chi connectivity index (χ2v) is 4.12. The number of hydrogen-bond donors (Lipinski definition) is 1. The van der Waals surface area contributed by atoms with Gasteiger partial charge in [0.1, 0.15) is 5.82 Å².